The zero-order chi connectivity index (χ0) is 6.53. The third-order valence-corrected chi connectivity index (χ3v) is 1.95. The molecule has 0 aromatic heterocycles. The van der Waals surface area contributed by atoms with Gasteiger partial charge in [0.25, 0.3) is 0 Å². The Bertz CT molecular complexity index is 128. The van der Waals surface area contributed by atoms with Gasteiger partial charge < -0.3 is 0 Å². The van der Waals surface area contributed by atoms with E-state index in [9.17, 15) is 0 Å². The molecule has 50 valence electrons. The summed E-state index contributed by atoms with van der Waals surface area (Å²) < 4.78 is 2.87. The second-order valence-corrected chi connectivity index (χ2v) is 2.79. The molecule has 0 atom stereocenters. The number of hydrogen-bond donors (Lipinski definition) is 0. The lowest BCUT2D eigenvalue weighted by atomic mass is 10.4. The summed E-state index contributed by atoms with van der Waals surface area (Å²) in [6, 6.07) is 0. The maximum atomic E-state index is 3.05. The molecule has 1 aliphatic heterocycles. The molecule has 2 heteroatoms. The fraction of sp³-hybridized carbons (Fsp3) is 0.714. The van der Waals surface area contributed by atoms with Gasteiger partial charge in [-0.15, -0.1) is 0 Å². The van der Waals surface area contributed by atoms with Gasteiger partial charge in [0.15, 0.2) is 0 Å². The second-order valence-electron chi connectivity index (χ2n) is 2.25. The molecule has 1 saturated heterocycles. The van der Waals surface area contributed by atoms with Crippen molar-refractivity contribution in [2.24, 2.45) is 0 Å². The van der Waals surface area contributed by atoms with Crippen LogP contribution < -0.4 is 0 Å². The Morgan fingerprint density at radius 2 is 2.00 bits per heavy atom. The normalized spacial score (nSPS) is 19.2. The highest BCUT2D eigenvalue weighted by Gasteiger charge is 2.08. The Morgan fingerprint density at radius 3 is 2.56 bits per heavy atom. The molecule has 1 aliphatic rings. The van der Waals surface area contributed by atoms with E-state index in [0.717, 1.165) is 6.54 Å². The van der Waals surface area contributed by atoms with E-state index in [-0.39, 0.29) is 0 Å². The molecule has 0 unspecified atom stereocenters. The van der Waals surface area contributed by atoms with Gasteiger partial charge in [-0.3, -0.25) is 4.90 Å². The van der Waals surface area contributed by atoms with Crippen molar-refractivity contribution in [3.8, 4) is 9.85 Å². The van der Waals surface area contributed by atoms with Gasteiger partial charge in [0, 0.05) is 22.6 Å². The lowest BCUT2D eigenvalue weighted by Crippen LogP contribution is -2.18. The topological polar surface area (TPSA) is 3.24 Å². The quantitative estimate of drug-likeness (QED) is 0.491. The molecule has 0 amide bonds. The van der Waals surface area contributed by atoms with E-state index in [1.54, 1.807) is 0 Å². The van der Waals surface area contributed by atoms with Gasteiger partial charge in [-0.2, -0.15) is 0 Å². The third-order valence-electron chi connectivity index (χ3n) is 1.57. The van der Waals surface area contributed by atoms with Crippen molar-refractivity contribution in [2.75, 3.05) is 19.6 Å². The van der Waals surface area contributed by atoms with Crippen molar-refractivity contribution < 1.29 is 0 Å². The van der Waals surface area contributed by atoms with Gasteiger partial charge in [-0.05, 0) is 29.9 Å². The van der Waals surface area contributed by atoms with Crippen LogP contribution in [0.2, 0.25) is 0 Å². The standard InChI is InChI=1S/C7H10IN/c8-4-3-7-9-5-1-2-6-9/h1-2,5-7H2. The molecule has 0 aliphatic carbocycles. The molecular weight excluding hydrogens is 225 g/mol. The molecule has 0 aromatic rings. The highest BCUT2D eigenvalue weighted by molar-refractivity contribution is 14.1. The highest BCUT2D eigenvalue weighted by atomic mass is 127. The summed E-state index contributed by atoms with van der Waals surface area (Å²) in [4.78, 5) is 2.39. The van der Waals surface area contributed by atoms with E-state index in [0.29, 0.717) is 0 Å². The van der Waals surface area contributed by atoms with Gasteiger partial charge in [0.2, 0.25) is 0 Å². The van der Waals surface area contributed by atoms with Crippen LogP contribution in [0.25, 0.3) is 0 Å². The van der Waals surface area contributed by atoms with Crippen LogP contribution >= 0.6 is 22.6 Å². The molecule has 1 nitrogen and oxygen atoms in total. The van der Waals surface area contributed by atoms with Crippen molar-refractivity contribution in [3.05, 3.63) is 0 Å². The summed E-state index contributed by atoms with van der Waals surface area (Å²) in [6.07, 6.45) is 2.73. The van der Waals surface area contributed by atoms with Crippen molar-refractivity contribution in [3.63, 3.8) is 0 Å². The zero-order valence-corrected chi connectivity index (χ0v) is 7.52. The van der Waals surface area contributed by atoms with Crippen LogP contribution in [-0.2, 0) is 0 Å². The average Bonchev–Trinajstić information content (AvgIpc) is 2.34. The van der Waals surface area contributed by atoms with E-state index in [1.165, 1.54) is 25.9 Å². The predicted octanol–water partition coefficient (Wildman–Crippen LogP) is 1.48. The summed E-state index contributed by atoms with van der Waals surface area (Å²) in [5.74, 6) is 3.05. The predicted molar refractivity (Wildman–Crippen MR) is 47.5 cm³/mol. The third kappa shape index (κ3) is 2.55. The van der Waals surface area contributed by atoms with Crippen molar-refractivity contribution in [1.29, 1.82) is 0 Å². The molecule has 1 rings (SSSR count). The Balaban J connectivity index is 2.16. The fourth-order valence-electron chi connectivity index (χ4n) is 1.08. The molecular formula is C7H10IN. The van der Waals surface area contributed by atoms with Gasteiger partial charge in [-0.1, -0.05) is 5.92 Å². The van der Waals surface area contributed by atoms with E-state index >= 15 is 0 Å². The Hall–Kier alpha value is 0.250. The van der Waals surface area contributed by atoms with E-state index < -0.39 is 0 Å². The molecule has 0 N–H and O–H groups in total. The fourth-order valence-corrected chi connectivity index (χ4v) is 1.25. The lowest BCUT2D eigenvalue weighted by Gasteiger charge is -2.07. The number of nitrogens with zero attached hydrogens (tertiary/aromatic N) is 1. The van der Waals surface area contributed by atoms with E-state index in [1.807, 2.05) is 0 Å². The first-order chi connectivity index (χ1) is 4.43. The average molecular weight is 235 g/mol. The van der Waals surface area contributed by atoms with Crippen LogP contribution in [-0.4, -0.2) is 24.5 Å². The number of hydrogen-bond acceptors (Lipinski definition) is 1. The molecule has 0 aromatic carbocycles. The zero-order valence-electron chi connectivity index (χ0n) is 5.36. The number of rotatable bonds is 1. The van der Waals surface area contributed by atoms with Crippen molar-refractivity contribution in [1.82, 2.24) is 4.90 Å². The van der Waals surface area contributed by atoms with Crippen molar-refractivity contribution >= 4 is 22.6 Å². The summed E-state index contributed by atoms with van der Waals surface area (Å²) in [7, 11) is 0. The summed E-state index contributed by atoms with van der Waals surface area (Å²) in [5, 5.41) is 0. The minimum absolute atomic E-state index is 0.975. The van der Waals surface area contributed by atoms with Crippen LogP contribution in [0.5, 0.6) is 0 Å². The Morgan fingerprint density at radius 1 is 1.33 bits per heavy atom. The first-order valence-electron chi connectivity index (χ1n) is 3.24. The molecule has 0 radical (unpaired) electrons. The highest BCUT2D eigenvalue weighted by Crippen LogP contribution is 2.05. The van der Waals surface area contributed by atoms with Crippen LogP contribution in [0.3, 0.4) is 0 Å². The first-order valence-corrected chi connectivity index (χ1v) is 4.32. The molecule has 0 spiro atoms. The largest absolute Gasteiger partial charge is 0.292 e. The van der Waals surface area contributed by atoms with Gasteiger partial charge in [0.1, 0.15) is 0 Å². The van der Waals surface area contributed by atoms with Crippen LogP contribution in [0, 0.1) is 9.85 Å². The molecule has 1 heterocycles. The Labute approximate surface area is 69.9 Å². The summed E-state index contributed by atoms with van der Waals surface area (Å²) in [5.41, 5.74) is 0. The monoisotopic (exact) mass is 235 g/mol. The minimum atomic E-state index is 0.975. The van der Waals surface area contributed by atoms with Gasteiger partial charge in [-0.25, -0.2) is 0 Å². The maximum absolute atomic E-state index is 3.05. The second kappa shape index (κ2) is 4.13. The lowest BCUT2D eigenvalue weighted by molar-refractivity contribution is 0.383. The minimum Gasteiger partial charge on any atom is -0.292 e. The molecule has 0 bridgehead atoms. The smallest absolute Gasteiger partial charge is 0.0609 e. The van der Waals surface area contributed by atoms with Crippen molar-refractivity contribution in [2.45, 2.75) is 12.8 Å². The molecule has 1 fully saturated rings. The molecule has 9 heavy (non-hydrogen) atoms. The number of likely N-dealkylation sites (tertiary alicyclic amines) is 1. The SMILES string of the molecule is IC#CCN1CCCC1. The maximum Gasteiger partial charge on any atom is 0.0609 e. The van der Waals surface area contributed by atoms with E-state index in [4.69, 9.17) is 0 Å². The summed E-state index contributed by atoms with van der Waals surface area (Å²) >= 11 is 2.09. The number of halogens is 1. The first kappa shape index (κ1) is 7.36. The van der Waals surface area contributed by atoms with Gasteiger partial charge >= 0.3 is 0 Å². The Kier molecular flexibility index (Phi) is 3.37. The van der Waals surface area contributed by atoms with E-state index in [2.05, 4.69) is 37.3 Å². The van der Waals surface area contributed by atoms with Crippen LogP contribution in [0.1, 0.15) is 12.8 Å². The molecule has 0 saturated carbocycles. The van der Waals surface area contributed by atoms with Crippen LogP contribution in [0.4, 0.5) is 0 Å². The summed E-state index contributed by atoms with van der Waals surface area (Å²) in [6.45, 7) is 3.49. The van der Waals surface area contributed by atoms with Gasteiger partial charge in [0.05, 0.1) is 6.54 Å². The van der Waals surface area contributed by atoms with Crippen LogP contribution in [0.15, 0.2) is 0 Å².